The van der Waals surface area contributed by atoms with Gasteiger partial charge in [-0.25, -0.2) is 4.68 Å². The van der Waals surface area contributed by atoms with Crippen LogP contribution < -0.4 is 15.4 Å². The zero-order valence-corrected chi connectivity index (χ0v) is 19.4. The van der Waals surface area contributed by atoms with E-state index in [4.69, 9.17) is 10.5 Å². The molecular weight excluding hydrogens is 418 g/mol. The molecule has 1 amide bonds. The number of anilines is 1. The predicted octanol–water partition coefficient (Wildman–Crippen LogP) is 2.08. The van der Waals surface area contributed by atoms with E-state index in [0.29, 0.717) is 6.54 Å². The number of rotatable bonds is 8. The van der Waals surface area contributed by atoms with Gasteiger partial charge >= 0.3 is 0 Å². The Balaban J connectivity index is 1.65. The molecule has 1 saturated heterocycles. The van der Waals surface area contributed by atoms with Gasteiger partial charge in [0.05, 0.1) is 19.7 Å². The quantitative estimate of drug-likeness (QED) is 0.562. The van der Waals surface area contributed by atoms with Crippen LogP contribution in [0.2, 0.25) is 0 Å². The number of piperidine rings is 1. The van der Waals surface area contributed by atoms with Crippen molar-refractivity contribution in [1.82, 2.24) is 25.1 Å². The first-order chi connectivity index (χ1) is 16.0. The normalized spacial score (nSPS) is 15.8. The number of nitrogens with zero attached hydrogens (tertiary/aromatic N) is 6. The van der Waals surface area contributed by atoms with Gasteiger partial charge in [0.2, 0.25) is 5.91 Å². The third kappa shape index (κ3) is 5.14. The number of methoxy groups -OCH3 is 1. The first kappa shape index (κ1) is 22.7. The summed E-state index contributed by atoms with van der Waals surface area (Å²) in [5.41, 5.74) is 8.89. The van der Waals surface area contributed by atoms with Gasteiger partial charge in [-0.2, -0.15) is 0 Å². The van der Waals surface area contributed by atoms with Crippen LogP contribution in [0.3, 0.4) is 0 Å². The van der Waals surface area contributed by atoms with Crippen molar-refractivity contribution in [2.75, 3.05) is 39.2 Å². The molecule has 1 aromatic heterocycles. The minimum Gasteiger partial charge on any atom is -0.497 e. The highest BCUT2D eigenvalue weighted by Gasteiger charge is 2.32. The van der Waals surface area contributed by atoms with Crippen molar-refractivity contribution in [3.05, 3.63) is 65.5 Å². The zero-order valence-electron chi connectivity index (χ0n) is 19.4. The van der Waals surface area contributed by atoms with Gasteiger partial charge in [0, 0.05) is 25.7 Å². The number of hydrogen-bond donors (Lipinski definition) is 1. The van der Waals surface area contributed by atoms with E-state index >= 15 is 0 Å². The fourth-order valence-corrected chi connectivity index (χ4v) is 4.34. The lowest BCUT2D eigenvalue weighted by atomic mass is 9.93. The fourth-order valence-electron chi connectivity index (χ4n) is 4.34. The Morgan fingerprint density at radius 3 is 2.36 bits per heavy atom. The molecule has 0 bridgehead atoms. The number of benzene rings is 2. The molecule has 9 heteroatoms. The number of likely N-dealkylation sites (tertiary alicyclic amines) is 1. The summed E-state index contributed by atoms with van der Waals surface area (Å²) in [6.07, 6.45) is 1.48. The summed E-state index contributed by atoms with van der Waals surface area (Å²) in [4.78, 5) is 16.1. The van der Waals surface area contributed by atoms with Gasteiger partial charge in [-0.3, -0.25) is 9.69 Å². The first-order valence-corrected chi connectivity index (χ1v) is 11.2. The Labute approximate surface area is 194 Å². The number of carbonyl (C=O) groups is 1. The molecular formula is C24H31N7O2. The van der Waals surface area contributed by atoms with Gasteiger partial charge in [0.15, 0.2) is 5.82 Å². The Bertz CT molecular complexity index is 1060. The molecule has 1 aliphatic rings. The molecule has 0 aliphatic carbocycles. The van der Waals surface area contributed by atoms with E-state index in [2.05, 4.69) is 49.6 Å². The highest BCUT2D eigenvalue weighted by Crippen LogP contribution is 2.32. The van der Waals surface area contributed by atoms with Crippen LogP contribution >= 0.6 is 0 Å². The minimum atomic E-state index is -0.217. The molecule has 2 N–H and O–H groups in total. The molecule has 2 heterocycles. The van der Waals surface area contributed by atoms with E-state index in [0.717, 1.165) is 54.3 Å². The number of tetrazole rings is 1. The summed E-state index contributed by atoms with van der Waals surface area (Å²) < 4.78 is 7.12. The van der Waals surface area contributed by atoms with Gasteiger partial charge in [0.25, 0.3) is 0 Å². The topological polar surface area (TPSA) is 102 Å². The molecule has 4 rings (SSSR count). The van der Waals surface area contributed by atoms with Crippen molar-refractivity contribution >= 4 is 11.6 Å². The molecule has 0 radical (unpaired) electrons. The summed E-state index contributed by atoms with van der Waals surface area (Å²) in [7, 11) is 5.70. The summed E-state index contributed by atoms with van der Waals surface area (Å²) >= 11 is 0. The van der Waals surface area contributed by atoms with E-state index in [1.165, 1.54) is 0 Å². The van der Waals surface area contributed by atoms with Crippen LogP contribution in [0.25, 0.3) is 0 Å². The van der Waals surface area contributed by atoms with Gasteiger partial charge in [0.1, 0.15) is 5.75 Å². The Morgan fingerprint density at radius 1 is 1.12 bits per heavy atom. The highest BCUT2D eigenvalue weighted by atomic mass is 16.5. The van der Waals surface area contributed by atoms with Crippen molar-refractivity contribution in [2.24, 2.45) is 11.7 Å². The standard InChI is InChI=1S/C24H31N7O2/c1-29(2)20-8-6-18(7-9-20)22(30-14-12-19(13-15-30)23(25)32)24-26-27-28-31(24)16-17-4-10-21(33-3)11-5-17/h4-11,19,22H,12-16H2,1-3H3,(H2,25,32)/t22-/m0/s1. The molecule has 2 aromatic carbocycles. The van der Waals surface area contributed by atoms with Gasteiger partial charge in [-0.05, 0) is 71.8 Å². The number of ether oxygens (including phenoxy) is 1. The molecule has 174 valence electrons. The number of nitrogens with two attached hydrogens (primary N) is 1. The Kier molecular flexibility index (Phi) is 6.88. The van der Waals surface area contributed by atoms with Crippen LogP contribution in [0.5, 0.6) is 5.75 Å². The average Bonchev–Trinajstić information content (AvgIpc) is 3.28. The van der Waals surface area contributed by atoms with Crippen molar-refractivity contribution in [3.63, 3.8) is 0 Å². The molecule has 0 unspecified atom stereocenters. The molecule has 3 aromatic rings. The van der Waals surface area contributed by atoms with Crippen molar-refractivity contribution in [3.8, 4) is 5.75 Å². The van der Waals surface area contributed by atoms with E-state index in [9.17, 15) is 4.79 Å². The molecule has 1 fully saturated rings. The van der Waals surface area contributed by atoms with Crippen LogP contribution in [0, 0.1) is 5.92 Å². The minimum absolute atomic E-state index is 0.0756. The second kappa shape index (κ2) is 9.99. The monoisotopic (exact) mass is 449 g/mol. The van der Waals surface area contributed by atoms with Crippen LogP contribution in [0.4, 0.5) is 5.69 Å². The maximum absolute atomic E-state index is 11.7. The number of hydrogen-bond acceptors (Lipinski definition) is 7. The molecule has 0 spiro atoms. The second-order valence-electron chi connectivity index (χ2n) is 8.64. The lowest BCUT2D eigenvalue weighted by Crippen LogP contribution is -2.41. The SMILES string of the molecule is COc1ccc(Cn2nnnc2[C@H](c2ccc(N(C)C)cc2)N2CCC(C(N)=O)CC2)cc1. The predicted molar refractivity (Wildman–Crippen MR) is 126 cm³/mol. The summed E-state index contributed by atoms with van der Waals surface area (Å²) in [6.45, 7) is 2.06. The summed E-state index contributed by atoms with van der Waals surface area (Å²) in [5.74, 6) is 1.30. The molecule has 0 saturated carbocycles. The van der Waals surface area contributed by atoms with E-state index < -0.39 is 0 Å². The first-order valence-electron chi connectivity index (χ1n) is 11.2. The molecule has 1 atom stereocenters. The lowest BCUT2D eigenvalue weighted by molar-refractivity contribution is -0.123. The average molecular weight is 450 g/mol. The Hall–Kier alpha value is -3.46. The van der Waals surface area contributed by atoms with Crippen LogP contribution in [0.15, 0.2) is 48.5 Å². The van der Waals surface area contributed by atoms with Gasteiger partial charge in [-0.1, -0.05) is 24.3 Å². The van der Waals surface area contributed by atoms with Crippen LogP contribution in [0.1, 0.15) is 35.8 Å². The molecule has 1 aliphatic heterocycles. The second-order valence-corrected chi connectivity index (χ2v) is 8.64. The molecule has 9 nitrogen and oxygen atoms in total. The maximum Gasteiger partial charge on any atom is 0.220 e. The number of aromatic nitrogens is 4. The third-order valence-electron chi connectivity index (χ3n) is 6.32. The number of amides is 1. The van der Waals surface area contributed by atoms with Crippen molar-refractivity contribution < 1.29 is 9.53 Å². The van der Waals surface area contributed by atoms with Crippen molar-refractivity contribution in [1.29, 1.82) is 0 Å². The zero-order chi connectivity index (χ0) is 23.4. The number of primary amides is 1. The van der Waals surface area contributed by atoms with Crippen LogP contribution in [-0.2, 0) is 11.3 Å². The number of carbonyl (C=O) groups excluding carboxylic acids is 1. The summed E-state index contributed by atoms with van der Waals surface area (Å²) in [5, 5.41) is 12.8. The van der Waals surface area contributed by atoms with E-state index in [-0.39, 0.29) is 17.9 Å². The summed E-state index contributed by atoms with van der Waals surface area (Å²) in [6, 6.07) is 16.3. The smallest absolute Gasteiger partial charge is 0.220 e. The fraction of sp³-hybridized carbons (Fsp3) is 0.417. The van der Waals surface area contributed by atoms with Gasteiger partial charge < -0.3 is 15.4 Å². The van der Waals surface area contributed by atoms with E-state index in [1.807, 2.05) is 43.0 Å². The maximum atomic E-state index is 11.7. The lowest BCUT2D eigenvalue weighted by Gasteiger charge is -2.36. The van der Waals surface area contributed by atoms with E-state index in [1.54, 1.807) is 7.11 Å². The Morgan fingerprint density at radius 2 is 1.79 bits per heavy atom. The van der Waals surface area contributed by atoms with Crippen molar-refractivity contribution in [2.45, 2.75) is 25.4 Å². The third-order valence-corrected chi connectivity index (χ3v) is 6.32. The molecule has 33 heavy (non-hydrogen) atoms. The van der Waals surface area contributed by atoms with Gasteiger partial charge in [-0.15, -0.1) is 5.10 Å². The van der Waals surface area contributed by atoms with Crippen LogP contribution in [-0.4, -0.2) is 65.3 Å². The highest BCUT2D eigenvalue weighted by molar-refractivity contribution is 5.76. The largest absolute Gasteiger partial charge is 0.497 e.